The Morgan fingerprint density at radius 2 is 1.72 bits per heavy atom. The molecule has 7 nitrogen and oxygen atoms in total. The van der Waals surface area contributed by atoms with Crippen LogP contribution in [0.5, 0.6) is 0 Å². The number of hydrogen-bond donors (Lipinski definition) is 3. The molecule has 0 radical (unpaired) electrons. The Bertz CT molecular complexity index is 979. The number of aryl methyl sites for hydroxylation is 2. The minimum Gasteiger partial charge on any atom is -0.325 e. The highest BCUT2D eigenvalue weighted by Crippen LogP contribution is 2.26. The summed E-state index contributed by atoms with van der Waals surface area (Å²) in [6, 6.07) is 12.9. The Labute approximate surface area is 154 Å². The topological polar surface area (TPSA) is 99.8 Å². The molecule has 2 aromatic carbocycles. The zero-order chi connectivity index (χ0) is 18.0. The van der Waals surface area contributed by atoms with E-state index < -0.39 is 10.0 Å². The number of benzene rings is 2. The second-order valence-electron chi connectivity index (χ2n) is 5.47. The molecule has 3 rings (SSSR count). The molecule has 0 amide bonds. The van der Waals surface area contributed by atoms with E-state index in [9.17, 15) is 8.42 Å². The Morgan fingerprint density at radius 1 is 1.08 bits per heavy atom. The van der Waals surface area contributed by atoms with E-state index in [2.05, 4.69) is 41.2 Å². The summed E-state index contributed by atoms with van der Waals surface area (Å²) in [6.45, 7) is 3.49. The van der Waals surface area contributed by atoms with Gasteiger partial charge in [-0.1, -0.05) is 34.1 Å². The molecule has 0 aliphatic heterocycles. The zero-order valence-corrected chi connectivity index (χ0v) is 15.9. The normalized spacial score (nSPS) is 11.3. The highest BCUT2D eigenvalue weighted by Gasteiger charge is 2.22. The minimum atomic E-state index is -3.79. The van der Waals surface area contributed by atoms with Gasteiger partial charge in [0.05, 0.1) is 4.90 Å². The van der Waals surface area contributed by atoms with Gasteiger partial charge in [0.25, 0.3) is 16.0 Å². The molecule has 1 aromatic heterocycles. The standard InChI is InChI=1S/C16H16BrN5O2S/c1-10-8-12(17)9-11(2)14(10)25(23,24)22-16-19-15(20-21-16)18-13-6-4-3-5-7-13/h3-9H,1-2H3,(H3,18,19,20,21,22). The van der Waals surface area contributed by atoms with Crippen molar-refractivity contribution in [2.75, 3.05) is 10.0 Å². The third-order valence-electron chi connectivity index (χ3n) is 3.44. The van der Waals surface area contributed by atoms with Crippen molar-refractivity contribution in [3.63, 3.8) is 0 Å². The van der Waals surface area contributed by atoms with E-state index in [1.165, 1.54) is 0 Å². The van der Waals surface area contributed by atoms with Crippen molar-refractivity contribution >= 4 is 43.5 Å². The van der Waals surface area contributed by atoms with Crippen LogP contribution in [0.15, 0.2) is 51.8 Å². The van der Waals surface area contributed by atoms with E-state index in [-0.39, 0.29) is 10.8 Å². The number of aromatic amines is 1. The summed E-state index contributed by atoms with van der Waals surface area (Å²) in [5, 5.41) is 9.57. The van der Waals surface area contributed by atoms with Crippen molar-refractivity contribution < 1.29 is 8.42 Å². The number of hydrogen-bond acceptors (Lipinski definition) is 5. The molecular formula is C16H16BrN5O2S. The first-order chi connectivity index (χ1) is 11.8. The van der Waals surface area contributed by atoms with Crippen molar-refractivity contribution in [3.8, 4) is 0 Å². The Balaban J connectivity index is 1.83. The molecule has 130 valence electrons. The lowest BCUT2D eigenvalue weighted by Gasteiger charge is -2.11. The number of anilines is 3. The number of H-pyrrole nitrogens is 1. The molecule has 3 aromatic rings. The van der Waals surface area contributed by atoms with Crippen LogP contribution in [0.3, 0.4) is 0 Å². The van der Waals surface area contributed by atoms with E-state index in [1.807, 2.05) is 30.3 Å². The van der Waals surface area contributed by atoms with Gasteiger partial charge in [-0.15, -0.1) is 5.10 Å². The number of nitrogens with zero attached hydrogens (tertiary/aromatic N) is 2. The molecule has 0 bridgehead atoms. The van der Waals surface area contributed by atoms with Gasteiger partial charge in [-0.3, -0.25) is 0 Å². The van der Waals surface area contributed by atoms with Crippen LogP contribution in [-0.2, 0) is 10.0 Å². The highest BCUT2D eigenvalue weighted by molar-refractivity contribution is 9.10. The van der Waals surface area contributed by atoms with Gasteiger partial charge in [-0.05, 0) is 49.2 Å². The van der Waals surface area contributed by atoms with E-state index in [0.717, 1.165) is 10.2 Å². The SMILES string of the molecule is Cc1cc(Br)cc(C)c1S(=O)(=O)Nc1n[nH]c(Nc2ccccc2)n1. The summed E-state index contributed by atoms with van der Waals surface area (Å²) in [5.41, 5.74) is 2.09. The molecule has 1 heterocycles. The second kappa shape index (κ2) is 6.85. The number of sulfonamides is 1. The van der Waals surface area contributed by atoms with Gasteiger partial charge in [-0.25, -0.2) is 18.2 Å². The molecule has 3 N–H and O–H groups in total. The summed E-state index contributed by atoms with van der Waals surface area (Å²) in [6.07, 6.45) is 0. The number of halogens is 1. The molecule has 0 aliphatic carbocycles. The van der Waals surface area contributed by atoms with Crippen molar-refractivity contribution in [2.45, 2.75) is 18.7 Å². The largest absolute Gasteiger partial charge is 0.325 e. The smallest absolute Gasteiger partial charge is 0.264 e. The van der Waals surface area contributed by atoms with Crippen molar-refractivity contribution in [1.82, 2.24) is 15.2 Å². The van der Waals surface area contributed by atoms with Gasteiger partial charge >= 0.3 is 0 Å². The van der Waals surface area contributed by atoms with Crippen molar-refractivity contribution in [2.24, 2.45) is 0 Å². The summed E-state index contributed by atoms with van der Waals surface area (Å²) >= 11 is 3.36. The molecule has 9 heteroatoms. The third kappa shape index (κ3) is 3.99. The number of rotatable bonds is 5. The van der Waals surface area contributed by atoms with E-state index in [0.29, 0.717) is 17.1 Å². The Morgan fingerprint density at radius 3 is 2.36 bits per heavy atom. The first-order valence-electron chi connectivity index (χ1n) is 7.39. The van der Waals surface area contributed by atoms with E-state index >= 15 is 0 Å². The van der Waals surface area contributed by atoms with Crippen molar-refractivity contribution in [3.05, 3.63) is 58.1 Å². The average Bonchev–Trinajstić information content (AvgIpc) is 2.93. The lowest BCUT2D eigenvalue weighted by Crippen LogP contribution is -2.16. The van der Waals surface area contributed by atoms with Gasteiger partial charge in [0.15, 0.2) is 0 Å². The minimum absolute atomic E-state index is 0.0276. The maximum absolute atomic E-state index is 12.7. The lowest BCUT2D eigenvalue weighted by atomic mass is 10.2. The van der Waals surface area contributed by atoms with Crippen LogP contribution in [0.1, 0.15) is 11.1 Å². The fourth-order valence-electron chi connectivity index (χ4n) is 2.51. The lowest BCUT2D eigenvalue weighted by molar-refractivity contribution is 0.599. The fraction of sp³-hybridized carbons (Fsp3) is 0.125. The molecule has 0 fully saturated rings. The Kier molecular flexibility index (Phi) is 4.78. The van der Waals surface area contributed by atoms with Crippen LogP contribution in [0, 0.1) is 13.8 Å². The van der Waals surface area contributed by atoms with Crippen LogP contribution in [0.25, 0.3) is 0 Å². The van der Waals surface area contributed by atoms with Gasteiger partial charge in [-0.2, -0.15) is 4.98 Å². The van der Waals surface area contributed by atoms with E-state index in [4.69, 9.17) is 0 Å². The second-order valence-corrected chi connectivity index (χ2v) is 8.01. The number of para-hydroxylation sites is 1. The maximum Gasteiger partial charge on any atom is 0.264 e. The molecule has 0 spiro atoms. The van der Waals surface area contributed by atoms with Crippen LogP contribution in [-0.4, -0.2) is 23.6 Å². The zero-order valence-electron chi connectivity index (χ0n) is 13.5. The molecule has 25 heavy (non-hydrogen) atoms. The summed E-state index contributed by atoms with van der Waals surface area (Å²) < 4.78 is 28.6. The maximum atomic E-state index is 12.7. The summed E-state index contributed by atoms with van der Waals surface area (Å²) in [4.78, 5) is 4.34. The van der Waals surface area contributed by atoms with Crippen LogP contribution in [0.4, 0.5) is 17.6 Å². The van der Waals surface area contributed by atoms with Gasteiger partial charge < -0.3 is 5.32 Å². The highest BCUT2D eigenvalue weighted by atomic mass is 79.9. The molecule has 0 saturated heterocycles. The number of aromatic nitrogens is 3. The Hall–Kier alpha value is -2.39. The summed E-state index contributed by atoms with van der Waals surface area (Å²) in [7, 11) is -3.79. The quantitative estimate of drug-likeness (QED) is 0.582. The molecule has 0 unspecified atom stereocenters. The van der Waals surface area contributed by atoms with Gasteiger partial charge in [0, 0.05) is 10.2 Å². The molecular weight excluding hydrogens is 406 g/mol. The fourth-order valence-corrected chi connectivity index (χ4v) is 4.60. The van der Waals surface area contributed by atoms with Crippen LogP contribution >= 0.6 is 15.9 Å². The van der Waals surface area contributed by atoms with Gasteiger partial charge in [0.2, 0.25) is 5.95 Å². The molecule has 0 atom stereocenters. The van der Waals surface area contributed by atoms with Crippen LogP contribution in [0.2, 0.25) is 0 Å². The van der Waals surface area contributed by atoms with E-state index in [1.54, 1.807) is 26.0 Å². The van der Waals surface area contributed by atoms with Gasteiger partial charge in [0.1, 0.15) is 0 Å². The first kappa shape index (κ1) is 17.4. The predicted molar refractivity (Wildman–Crippen MR) is 101 cm³/mol. The van der Waals surface area contributed by atoms with Crippen molar-refractivity contribution in [1.29, 1.82) is 0 Å². The summed E-state index contributed by atoms with van der Waals surface area (Å²) in [5.74, 6) is 0.313. The molecule has 0 aliphatic rings. The predicted octanol–water partition coefficient (Wildman–Crippen LogP) is 3.73. The first-order valence-corrected chi connectivity index (χ1v) is 9.67. The number of nitrogens with one attached hydrogen (secondary N) is 3. The molecule has 0 saturated carbocycles. The van der Waals surface area contributed by atoms with Crippen LogP contribution < -0.4 is 10.0 Å². The third-order valence-corrected chi connectivity index (χ3v) is 5.53. The monoisotopic (exact) mass is 421 g/mol. The average molecular weight is 422 g/mol.